The van der Waals surface area contributed by atoms with Crippen LogP contribution in [0.1, 0.15) is 66.4 Å². The summed E-state index contributed by atoms with van der Waals surface area (Å²) in [7, 11) is 1.66. The zero-order valence-corrected chi connectivity index (χ0v) is 21.1. The number of methoxy groups -OCH3 is 1. The molecular formula is C28H33F3N4O2. The minimum absolute atomic E-state index is 0.174. The summed E-state index contributed by atoms with van der Waals surface area (Å²) in [4.78, 5) is 7.06. The number of ether oxygens (including phenoxy) is 1. The molecule has 37 heavy (non-hydrogen) atoms. The predicted molar refractivity (Wildman–Crippen MR) is 133 cm³/mol. The third kappa shape index (κ3) is 5.67. The normalized spacial score (nSPS) is 18.5. The summed E-state index contributed by atoms with van der Waals surface area (Å²) in [5.74, 6) is 2.33. The van der Waals surface area contributed by atoms with Crippen LogP contribution in [0.3, 0.4) is 0 Å². The number of hydrogen-bond donors (Lipinski definition) is 1. The van der Waals surface area contributed by atoms with E-state index < -0.39 is 11.7 Å². The van der Waals surface area contributed by atoms with Crippen molar-refractivity contribution in [1.82, 2.24) is 20.4 Å². The molecule has 0 bridgehead atoms. The Kier molecular flexibility index (Phi) is 7.53. The molecule has 1 saturated heterocycles. The Morgan fingerprint density at radius 2 is 1.86 bits per heavy atom. The van der Waals surface area contributed by atoms with Crippen LogP contribution in [0.2, 0.25) is 0 Å². The van der Waals surface area contributed by atoms with E-state index in [1.165, 1.54) is 17.7 Å². The number of alkyl halides is 3. The van der Waals surface area contributed by atoms with E-state index in [-0.39, 0.29) is 11.3 Å². The zero-order valence-electron chi connectivity index (χ0n) is 21.1. The highest BCUT2D eigenvalue weighted by Gasteiger charge is 2.44. The lowest BCUT2D eigenvalue weighted by molar-refractivity contribution is -0.137. The third-order valence-electron chi connectivity index (χ3n) is 7.90. The summed E-state index contributed by atoms with van der Waals surface area (Å²) < 4.78 is 50.0. The molecule has 5 rings (SSSR count). The second-order valence-corrected chi connectivity index (χ2v) is 10.1. The largest absolute Gasteiger partial charge is 0.497 e. The van der Waals surface area contributed by atoms with Gasteiger partial charge in [-0.3, -0.25) is 0 Å². The first-order valence-electron chi connectivity index (χ1n) is 13.0. The van der Waals surface area contributed by atoms with Crippen LogP contribution in [0.5, 0.6) is 5.75 Å². The highest BCUT2D eigenvalue weighted by molar-refractivity contribution is 5.39. The van der Waals surface area contributed by atoms with Crippen molar-refractivity contribution in [3.8, 4) is 5.75 Å². The molecule has 0 radical (unpaired) electrons. The Bertz CT molecular complexity index is 1170. The molecule has 0 atom stereocenters. The molecule has 2 heterocycles. The molecule has 1 aliphatic carbocycles. The van der Waals surface area contributed by atoms with Gasteiger partial charge in [-0.15, -0.1) is 0 Å². The van der Waals surface area contributed by atoms with Gasteiger partial charge in [-0.2, -0.15) is 18.2 Å². The van der Waals surface area contributed by atoms with Gasteiger partial charge in [0, 0.05) is 13.1 Å². The number of rotatable bonds is 9. The predicted octanol–water partition coefficient (Wildman–Crippen LogP) is 5.54. The van der Waals surface area contributed by atoms with Crippen LogP contribution in [-0.4, -0.2) is 48.3 Å². The summed E-state index contributed by atoms with van der Waals surface area (Å²) in [6.45, 7) is 3.89. The standard InChI is InChI=1S/C28H33F3N4O2/c1-36-24-8-6-22(7-9-24)27(12-3-13-27)26-33-25(37-34-26)19-32-14-17-35-15-10-20(11-16-35)21-4-2-5-23(18-21)28(29,30)31/h2,4-9,18,20,32H,3,10-17,19H2,1H3. The van der Waals surface area contributed by atoms with Gasteiger partial charge in [0.15, 0.2) is 5.82 Å². The summed E-state index contributed by atoms with van der Waals surface area (Å²) in [6.07, 6.45) is 0.572. The summed E-state index contributed by atoms with van der Waals surface area (Å²) >= 11 is 0. The minimum Gasteiger partial charge on any atom is -0.497 e. The Labute approximate surface area is 215 Å². The average Bonchev–Trinajstić information content (AvgIpc) is 3.35. The highest BCUT2D eigenvalue weighted by atomic mass is 19.4. The van der Waals surface area contributed by atoms with Crippen LogP contribution in [0.25, 0.3) is 0 Å². The Morgan fingerprint density at radius 3 is 2.51 bits per heavy atom. The van der Waals surface area contributed by atoms with Crippen molar-refractivity contribution in [3.05, 3.63) is 76.9 Å². The van der Waals surface area contributed by atoms with Crippen molar-refractivity contribution in [2.24, 2.45) is 0 Å². The van der Waals surface area contributed by atoms with Gasteiger partial charge in [-0.1, -0.05) is 41.9 Å². The fraction of sp³-hybridized carbons (Fsp3) is 0.500. The van der Waals surface area contributed by atoms with Crippen LogP contribution < -0.4 is 10.1 Å². The van der Waals surface area contributed by atoms with Crippen LogP contribution in [-0.2, 0) is 18.1 Å². The van der Waals surface area contributed by atoms with Crippen molar-refractivity contribution in [2.45, 2.75) is 56.2 Å². The number of halogens is 3. The molecule has 2 fully saturated rings. The first kappa shape index (κ1) is 25.7. The maximum atomic E-state index is 13.0. The van der Waals surface area contributed by atoms with E-state index >= 15 is 0 Å². The van der Waals surface area contributed by atoms with Gasteiger partial charge < -0.3 is 19.5 Å². The zero-order chi connectivity index (χ0) is 25.9. The number of hydrogen-bond acceptors (Lipinski definition) is 6. The maximum Gasteiger partial charge on any atom is 0.416 e. The average molecular weight is 515 g/mol. The second-order valence-electron chi connectivity index (χ2n) is 10.1. The number of likely N-dealkylation sites (tertiary alicyclic amines) is 1. The van der Waals surface area contributed by atoms with E-state index in [4.69, 9.17) is 14.2 Å². The first-order chi connectivity index (χ1) is 17.9. The number of benzene rings is 2. The molecule has 2 aromatic carbocycles. The van der Waals surface area contributed by atoms with E-state index in [0.29, 0.717) is 12.4 Å². The van der Waals surface area contributed by atoms with Gasteiger partial charge in [-0.05, 0) is 74.0 Å². The SMILES string of the molecule is COc1ccc(C2(c3noc(CNCCN4CCC(c5cccc(C(F)(F)F)c5)CC4)n3)CCC2)cc1. The van der Waals surface area contributed by atoms with Crippen LogP contribution in [0.15, 0.2) is 53.1 Å². The van der Waals surface area contributed by atoms with Crippen LogP contribution in [0.4, 0.5) is 13.2 Å². The second kappa shape index (κ2) is 10.8. The Morgan fingerprint density at radius 1 is 1.11 bits per heavy atom. The molecule has 6 nitrogen and oxygen atoms in total. The van der Waals surface area contributed by atoms with Gasteiger partial charge in [0.2, 0.25) is 5.89 Å². The van der Waals surface area contributed by atoms with Crippen LogP contribution >= 0.6 is 0 Å². The molecular weight excluding hydrogens is 481 g/mol. The number of nitrogens with zero attached hydrogens (tertiary/aromatic N) is 3. The lowest BCUT2D eigenvalue weighted by atomic mass is 9.64. The fourth-order valence-corrected chi connectivity index (χ4v) is 5.49. The van der Waals surface area contributed by atoms with E-state index in [2.05, 4.69) is 27.5 Å². The Hall–Kier alpha value is -2.91. The molecule has 0 spiro atoms. The highest BCUT2D eigenvalue weighted by Crippen LogP contribution is 2.48. The van der Waals surface area contributed by atoms with E-state index in [0.717, 1.165) is 81.5 Å². The summed E-state index contributed by atoms with van der Waals surface area (Å²) in [5.41, 5.74) is 1.23. The van der Waals surface area contributed by atoms with Crippen molar-refractivity contribution in [1.29, 1.82) is 0 Å². The third-order valence-corrected chi connectivity index (χ3v) is 7.90. The lowest BCUT2D eigenvalue weighted by Gasteiger charge is -2.39. The van der Waals surface area contributed by atoms with Gasteiger partial charge in [0.05, 0.1) is 24.6 Å². The van der Waals surface area contributed by atoms with E-state index in [9.17, 15) is 13.2 Å². The van der Waals surface area contributed by atoms with Crippen molar-refractivity contribution in [2.75, 3.05) is 33.3 Å². The van der Waals surface area contributed by atoms with Crippen molar-refractivity contribution >= 4 is 0 Å². The summed E-state index contributed by atoms with van der Waals surface area (Å²) in [5, 5.41) is 7.71. The molecule has 0 unspecified atom stereocenters. The molecule has 198 valence electrons. The smallest absolute Gasteiger partial charge is 0.416 e. The van der Waals surface area contributed by atoms with Crippen LogP contribution in [0, 0.1) is 0 Å². The van der Waals surface area contributed by atoms with Gasteiger partial charge in [-0.25, -0.2) is 0 Å². The molecule has 1 aromatic heterocycles. The van der Waals surface area contributed by atoms with Gasteiger partial charge in [0.25, 0.3) is 0 Å². The number of nitrogens with one attached hydrogen (secondary N) is 1. The van der Waals surface area contributed by atoms with E-state index in [1.54, 1.807) is 7.11 Å². The minimum atomic E-state index is -4.30. The monoisotopic (exact) mass is 514 g/mol. The van der Waals surface area contributed by atoms with Crippen molar-refractivity contribution < 1.29 is 22.4 Å². The fourth-order valence-electron chi connectivity index (χ4n) is 5.49. The van der Waals surface area contributed by atoms with Gasteiger partial charge >= 0.3 is 6.18 Å². The summed E-state index contributed by atoms with van der Waals surface area (Å²) in [6, 6.07) is 13.9. The maximum absolute atomic E-state index is 13.0. The molecule has 1 N–H and O–H groups in total. The van der Waals surface area contributed by atoms with Crippen molar-refractivity contribution in [3.63, 3.8) is 0 Å². The molecule has 1 saturated carbocycles. The molecule has 3 aromatic rings. The molecule has 1 aliphatic heterocycles. The quantitative estimate of drug-likeness (QED) is 0.379. The number of aromatic nitrogens is 2. The molecule has 0 amide bonds. The topological polar surface area (TPSA) is 63.4 Å². The number of piperidine rings is 1. The lowest BCUT2D eigenvalue weighted by Crippen LogP contribution is -2.38. The van der Waals surface area contributed by atoms with E-state index in [1.807, 2.05) is 18.2 Å². The Balaban J connectivity index is 1.08. The first-order valence-corrected chi connectivity index (χ1v) is 13.0. The molecule has 9 heteroatoms. The van der Waals surface area contributed by atoms with Gasteiger partial charge in [0.1, 0.15) is 5.75 Å². The molecule has 2 aliphatic rings.